The van der Waals surface area contributed by atoms with Crippen LogP contribution in [0.15, 0.2) is 34.8 Å². The highest BCUT2D eigenvalue weighted by molar-refractivity contribution is 9.10. The van der Waals surface area contributed by atoms with Crippen molar-refractivity contribution < 1.29 is 9.84 Å². The topological polar surface area (TPSA) is 41.5 Å². The molecule has 3 nitrogen and oxygen atoms in total. The molecule has 21 heavy (non-hydrogen) atoms. The first-order chi connectivity index (χ1) is 10.0. The molecule has 0 aliphatic heterocycles. The second-order valence-corrected chi connectivity index (χ2v) is 5.99. The van der Waals surface area contributed by atoms with Gasteiger partial charge in [-0.25, -0.2) is 0 Å². The van der Waals surface area contributed by atoms with Gasteiger partial charge in [-0.05, 0) is 42.7 Å². The summed E-state index contributed by atoms with van der Waals surface area (Å²) >= 11 is 3.55. The van der Waals surface area contributed by atoms with Crippen LogP contribution < -0.4 is 5.32 Å². The van der Waals surface area contributed by atoms with Gasteiger partial charge >= 0.3 is 0 Å². The lowest BCUT2D eigenvalue weighted by atomic mass is 10.1. The van der Waals surface area contributed by atoms with E-state index >= 15 is 0 Å². The van der Waals surface area contributed by atoms with Gasteiger partial charge in [-0.2, -0.15) is 0 Å². The number of anilines is 1. The molecule has 0 atom stereocenters. The number of hydrogen-bond acceptors (Lipinski definition) is 3. The third kappa shape index (κ3) is 3.77. The number of hydrogen-bond donors (Lipinski definition) is 2. The number of phenols is 1. The van der Waals surface area contributed by atoms with E-state index in [0.29, 0.717) is 18.9 Å². The Kier molecular flexibility index (Phi) is 5.26. The quantitative estimate of drug-likeness (QED) is 0.833. The molecular weight excluding hydrogens is 330 g/mol. The number of phenolic OH excluding ortho intramolecular Hbond substituents is 1. The predicted molar refractivity (Wildman–Crippen MR) is 89.8 cm³/mol. The van der Waals surface area contributed by atoms with Crippen LogP contribution in [-0.2, 0) is 17.9 Å². The Labute approximate surface area is 134 Å². The molecule has 0 amide bonds. The van der Waals surface area contributed by atoms with E-state index < -0.39 is 0 Å². The van der Waals surface area contributed by atoms with Crippen LogP contribution in [0.1, 0.15) is 22.3 Å². The minimum absolute atomic E-state index is 0.376. The highest BCUT2D eigenvalue weighted by atomic mass is 79.9. The second kappa shape index (κ2) is 6.96. The Hall–Kier alpha value is -1.52. The summed E-state index contributed by atoms with van der Waals surface area (Å²) in [6, 6.07) is 10.1. The number of nitrogens with one attached hydrogen (secondary N) is 1. The van der Waals surface area contributed by atoms with E-state index in [1.54, 1.807) is 7.11 Å². The van der Waals surface area contributed by atoms with Gasteiger partial charge < -0.3 is 15.2 Å². The molecule has 0 aromatic heterocycles. The third-order valence-electron chi connectivity index (χ3n) is 3.44. The third-order valence-corrected chi connectivity index (χ3v) is 4.18. The average molecular weight is 350 g/mol. The van der Waals surface area contributed by atoms with Crippen LogP contribution in [-0.4, -0.2) is 12.2 Å². The minimum atomic E-state index is 0.376. The lowest BCUT2D eigenvalue weighted by Gasteiger charge is -2.14. The first-order valence-corrected chi connectivity index (χ1v) is 7.61. The number of ether oxygens (including phenoxy) is 1. The van der Waals surface area contributed by atoms with Crippen LogP contribution in [0.5, 0.6) is 5.75 Å². The number of aromatic hydroxyl groups is 1. The van der Waals surface area contributed by atoms with Gasteiger partial charge in [0.25, 0.3) is 0 Å². The van der Waals surface area contributed by atoms with Crippen molar-refractivity contribution in [3.05, 3.63) is 57.1 Å². The number of methoxy groups -OCH3 is 1. The largest absolute Gasteiger partial charge is 0.507 e. The van der Waals surface area contributed by atoms with Crippen molar-refractivity contribution in [2.45, 2.75) is 27.0 Å². The van der Waals surface area contributed by atoms with E-state index in [4.69, 9.17) is 4.74 Å². The van der Waals surface area contributed by atoms with Gasteiger partial charge in [-0.1, -0.05) is 34.1 Å². The average Bonchev–Trinajstić information content (AvgIpc) is 2.45. The van der Waals surface area contributed by atoms with Gasteiger partial charge in [0.2, 0.25) is 0 Å². The summed E-state index contributed by atoms with van der Waals surface area (Å²) in [5.41, 5.74) is 5.10. The number of halogens is 1. The van der Waals surface area contributed by atoms with E-state index in [0.717, 1.165) is 32.4 Å². The van der Waals surface area contributed by atoms with Crippen LogP contribution in [0.3, 0.4) is 0 Å². The lowest BCUT2D eigenvalue weighted by Crippen LogP contribution is -2.04. The second-order valence-electron chi connectivity index (χ2n) is 5.13. The number of benzene rings is 2. The highest BCUT2D eigenvalue weighted by Crippen LogP contribution is 2.27. The van der Waals surface area contributed by atoms with Gasteiger partial charge in [0.1, 0.15) is 5.75 Å². The minimum Gasteiger partial charge on any atom is -0.507 e. The monoisotopic (exact) mass is 349 g/mol. The Morgan fingerprint density at radius 2 is 1.86 bits per heavy atom. The molecule has 112 valence electrons. The van der Waals surface area contributed by atoms with Crippen molar-refractivity contribution in [3.63, 3.8) is 0 Å². The molecule has 0 bridgehead atoms. The molecule has 0 radical (unpaired) electrons. The molecular formula is C17H20BrNO2. The molecule has 0 saturated carbocycles. The summed E-state index contributed by atoms with van der Waals surface area (Å²) in [4.78, 5) is 0. The highest BCUT2D eigenvalue weighted by Gasteiger charge is 2.07. The maximum Gasteiger partial charge on any atom is 0.121 e. The van der Waals surface area contributed by atoms with Crippen LogP contribution in [0.2, 0.25) is 0 Å². The van der Waals surface area contributed by atoms with Crippen LogP contribution >= 0.6 is 15.9 Å². The molecule has 0 saturated heterocycles. The van der Waals surface area contributed by atoms with Gasteiger partial charge in [-0.3, -0.25) is 0 Å². The van der Waals surface area contributed by atoms with Crippen molar-refractivity contribution in [2.24, 2.45) is 0 Å². The molecule has 0 fully saturated rings. The SMILES string of the molecule is COCc1c(Br)cccc1NCc1cc(C)c(O)c(C)c1. The maximum absolute atomic E-state index is 9.82. The smallest absolute Gasteiger partial charge is 0.121 e. The van der Waals surface area contributed by atoms with Crippen molar-refractivity contribution in [1.82, 2.24) is 0 Å². The van der Waals surface area contributed by atoms with E-state index in [9.17, 15) is 5.11 Å². The first kappa shape index (κ1) is 15.9. The zero-order chi connectivity index (χ0) is 15.4. The molecule has 0 unspecified atom stereocenters. The molecule has 2 aromatic carbocycles. The molecule has 0 heterocycles. The van der Waals surface area contributed by atoms with Crippen LogP contribution in [0.25, 0.3) is 0 Å². The molecule has 0 aliphatic rings. The van der Waals surface area contributed by atoms with Gasteiger partial charge in [0.15, 0.2) is 0 Å². The summed E-state index contributed by atoms with van der Waals surface area (Å²) in [5, 5.41) is 13.3. The number of aryl methyl sites for hydroxylation is 2. The van der Waals surface area contributed by atoms with Crippen LogP contribution in [0, 0.1) is 13.8 Å². The predicted octanol–water partition coefficient (Wildman–Crippen LogP) is 4.53. The molecule has 2 N–H and O–H groups in total. The van der Waals surface area contributed by atoms with Crippen molar-refractivity contribution in [3.8, 4) is 5.75 Å². The molecule has 2 rings (SSSR count). The van der Waals surface area contributed by atoms with E-state index in [2.05, 4.69) is 21.2 Å². The molecule has 4 heteroatoms. The van der Waals surface area contributed by atoms with E-state index in [1.165, 1.54) is 0 Å². The fourth-order valence-electron chi connectivity index (χ4n) is 2.36. The summed E-state index contributed by atoms with van der Waals surface area (Å²) in [5.74, 6) is 0.376. The fourth-order valence-corrected chi connectivity index (χ4v) is 2.84. The summed E-state index contributed by atoms with van der Waals surface area (Å²) in [6.07, 6.45) is 0. The molecule has 0 spiro atoms. The normalized spacial score (nSPS) is 10.7. The zero-order valence-electron chi connectivity index (χ0n) is 12.5. The van der Waals surface area contributed by atoms with Gasteiger partial charge in [0.05, 0.1) is 6.61 Å². The first-order valence-electron chi connectivity index (χ1n) is 6.82. The van der Waals surface area contributed by atoms with Crippen molar-refractivity contribution in [1.29, 1.82) is 0 Å². The van der Waals surface area contributed by atoms with Gasteiger partial charge in [0, 0.05) is 29.4 Å². The standard InChI is InChI=1S/C17H20BrNO2/c1-11-7-13(8-12(2)17(11)20)9-19-16-6-4-5-15(18)14(16)10-21-3/h4-8,19-20H,9-10H2,1-3H3. The number of rotatable bonds is 5. The Bertz CT molecular complexity index is 618. The van der Waals surface area contributed by atoms with Crippen molar-refractivity contribution in [2.75, 3.05) is 12.4 Å². The summed E-state index contributed by atoms with van der Waals surface area (Å²) in [6.45, 7) is 5.09. The Balaban J connectivity index is 2.19. The molecule has 2 aromatic rings. The summed E-state index contributed by atoms with van der Waals surface area (Å²) < 4.78 is 6.29. The fraction of sp³-hybridized carbons (Fsp3) is 0.294. The zero-order valence-corrected chi connectivity index (χ0v) is 14.1. The lowest BCUT2D eigenvalue weighted by molar-refractivity contribution is 0.185. The van der Waals surface area contributed by atoms with E-state index in [1.807, 2.05) is 44.2 Å². The van der Waals surface area contributed by atoms with Gasteiger partial charge in [-0.15, -0.1) is 0 Å². The van der Waals surface area contributed by atoms with E-state index in [-0.39, 0.29) is 0 Å². The molecule has 0 aliphatic carbocycles. The van der Waals surface area contributed by atoms with Crippen LogP contribution in [0.4, 0.5) is 5.69 Å². The summed E-state index contributed by atoms with van der Waals surface area (Å²) in [7, 11) is 1.69. The maximum atomic E-state index is 9.82. The Morgan fingerprint density at radius 1 is 1.19 bits per heavy atom. The Morgan fingerprint density at radius 3 is 2.48 bits per heavy atom. The van der Waals surface area contributed by atoms with Crippen molar-refractivity contribution >= 4 is 21.6 Å².